The van der Waals surface area contributed by atoms with E-state index >= 15 is 0 Å². The van der Waals surface area contributed by atoms with Crippen LogP contribution in [0.2, 0.25) is 0 Å². The maximum atomic E-state index is 12.8. The molecule has 0 aromatic rings. The average molecular weight is 396 g/mol. The van der Waals surface area contributed by atoms with Crippen LogP contribution in [0.15, 0.2) is 0 Å². The predicted octanol–water partition coefficient (Wildman–Crippen LogP) is 1.08. The quantitative estimate of drug-likeness (QED) is 0.679. The van der Waals surface area contributed by atoms with Crippen LogP contribution in [0.25, 0.3) is 0 Å². The number of likely N-dealkylation sites (tertiary alicyclic amines) is 2. The first-order chi connectivity index (χ1) is 13.1. The zero-order valence-electron chi connectivity index (χ0n) is 17.5. The van der Waals surface area contributed by atoms with E-state index in [1.54, 1.807) is 11.8 Å². The number of nitrogens with zero attached hydrogens (tertiary/aromatic N) is 2. The molecule has 28 heavy (non-hydrogen) atoms. The summed E-state index contributed by atoms with van der Waals surface area (Å²) in [5, 5.41) is 2.93. The minimum absolute atomic E-state index is 0.00929. The molecule has 0 saturated carbocycles. The second-order valence-corrected chi connectivity index (χ2v) is 8.55. The van der Waals surface area contributed by atoms with Gasteiger partial charge in [-0.1, -0.05) is 0 Å². The molecule has 2 rings (SSSR count). The number of carbonyl (C=O) groups is 4. The summed E-state index contributed by atoms with van der Waals surface area (Å²) in [6.07, 6.45) is 1.84. The molecule has 1 atom stereocenters. The SMILES string of the molecule is CCOC(=O)CCC(=O)NC1CCN(C(=O)C2CC(=O)N(C(C)(C)C)C2)CC1. The normalized spacial score (nSPS) is 21.0. The average Bonchev–Trinajstić information content (AvgIpc) is 3.02. The molecule has 0 spiro atoms. The van der Waals surface area contributed by atoms with Gasteiger partial charge in [-0.3, -0.25) is 19.2 Å². The number of carbonyl (C=O) groups excluding carboxylic acids is 4. The molecular weight excluding hydrogens is 362 g/mol. The number of hydrogen-bond donors (Lipinski definition) is 1. The summed E-state index contributed by atoms with van der Waals surface area (Å²) in [7, 11) is 0. The highest BCUT2D eigenvalue weighted by molar-refractivity contribution is 5.89. The molecule has 8 nitrogen and oxygen atoms in total. The van der Waals surface area contributed by atoms with Gasteiger partial charge in [-0.15, -0.1) is 0 Å². The zero-order chi connectivity index (χ0) is 20.9. The van der Waals surface area contributed by atoms with Crippen molar-refractivity contribution in [1.82, 2.24) is 15.1 Å². The molecule has 0 aromatic heterocycles. The fraction of sp³-hybridized carbons (Fsp3) is 0.800. The van der Waals surface area contributed by atoms with E-state index < -0.39 is 0 Å². The maximum Gasteiger partial charge on any atom is 0.306 e. The van der Waals surface area contributed by atoms with Gasteiger partial charge in [-0.2, -0.15) is 0 Å². The first-order valence-corrected chi connectivity index (χ1v) is 10.2. The molecule has 2 saturated heterocycles. The van der Waals surface area contributed by atoms with E-state index in [2.05, 4.69) is 5.32 Å². The minimum atomic E-state index is -0.367. The second kappa shape index (κ2) is 9.39. The van der Waals surface area contributed by atoms with E-state index in [4.69, 9.17) is 4.74 Å². The fourth-order valence-corrected chi connectivity index (χ4v) is 3.77. The van der Waals surface area contributed by atoms with Gasteiger partial charge < -0.3 is 19.9 Å². The van der Waals surface area contributed by atoms with Crippen LogP contribution in [0, 0.1) is 5.92 Å². The van der Waals surface area contributed by atoms with Gasteiger partial charge in [-0.05, 0) is 40.5 Å². The molecule has 0 radical (unpaired) electrons. The maximum absolute atomic E-state index is 12.8. The smallest absolute Gasteiger partial charge is 0.306 e. The topological polar surface area (TPSA) is 96.0 Å². The molecule has 2 aliphatic rings. The Hall–Kier alpha value is -2.12. The number of ether oxygens (including phenoxy) is 1. The lowest BCUT2D eigenvalue weighted by atomic mass is 10.0. The van der Waals surface area contributed by atoms with Crippen molar-refractivity contribution in [2.24, 2.45) is 5.92 Å². The van der Waals surface area contributed by atoms with Crippen LogP contribution in [-0.2, 0) is 23.9 Å². The third-order valence-electron chi connectivity index (χ3n) is 5.32. The molecule has 1 N–H and O–H groups in total. The highest BCUT2D eigenvalue weighted by Gasteiger charge is 2.41. The molecule has 3 amide bonds. The van der Waals surface area contributed by atoms with Crippen LogP contribution in [-0.4, -0.2) is 71.3 Å². The number of rotatable bonds is 6. The van der Waals surface area contributed by atoms with E-state index in [1.807, 2.05) is 25.7 Å². The highest BCUT2D eigenvalue weighted by atomic mass is 16.5. The van der Waals surface area contributed by atoms with E-state index in [-0.39, 0.29) is 60.5 Å². The van der Waals surface area contributed by atoms with Crippen LogP contribution in [0.4, 0.5) is 0 Å². The third-order valence-corrected chi connectivity index (χ3v) is 5.32. The van der Waals surface area contributed by atoms with Crippen molar-refractivity contribution in [1.29, 1.82) is 0 Å². The predicted molar refractivity (Wildman–Crippen MR) is 103 cm³/mol. The molecule has 158 valence electrons. The van der Waals surface area contributed by atoms with E-state index in [1.165, 1.54) is 0 Å². The Kier molecular flexibility index (Phi) is 7.43. The first-order valence-electron chi connectivity index (χ1n) is 10.2. The lowest BCUT2D eigenvalue weighted by Gasteiger charge is -2.35. The van der Waals surface area contributed by atoms with Crippen molar-refractivity contribution >= 4 is 23.7 Å². The molecule has 1 unspecified atom stereocenters. The number of piperidine rings is 1. The Bertz CT molecular complexity index is 605. The van der Waals surface area contributed by atoms with Gasteiger partial charge in [0, 0.05) is 44.1 Å². The summed E-state index contributed by atoms with van der Waals surface area (Å²) in [4.78, 5) is 51.9. The molecule has 2 fully saturated rings. The van der Waals surface area contributed by atoms with E-state index in [0.29, 0.717) is 39.1 Å². The van der Waals surface area contributed by atoms with Crippen molar-refractivity contribution in [3.63, 3.8) is 0 Å². The lowest BCUT2D eigenvalue weighted by molar-refractivity contribution is -0.144. The van der Waals surface area contributed by atoms with Gasteiger partial charge in [0.25, 0.3) is 0 Å². The van der Waals surface area contributed by atoms with Crippen LogP contribution in [0.5, 0.6) is 0 Å². The Morgan fingerprint density at radius 2 is 1.79 bits per heavy atom. The van der Waals surface area contributed by atoms with Crippen LogP contribution >= 0.6 is 0 Å². The lowest BCUT2D eigenvalue weighted by Crippen LogP contribution is -2.49. The summed E-state index contributed by atoms with van der Waals surface area (Å²) in [6, 6.07) is 0.00929. The summed E-state index contributed by atoms with van der Waals surface area (Å²) in [5.74, 6) is -0.738. The summed E-state index contributed by atoms with van der Waals surface area (Å²) in [6.45, 7) is 9.60. The summed E-state index contributed by atoms with van der Waals surface area (Å²) in [5.41, 5.74) is -0.271. The van der Waals surface area contributed by atoms with Crippen molar-refractivity contribution in [3.8, 4) is 0 Å². The minimum Gasteiger partial charge on any atom is -0.466 e. The number of amides is 3. The highest BCUT2D eigenvalue weighted by Crippen LogP contribution is 2.27. The van der Waals surface area contributed by atoms with Crippen LogP contribution in [0.1, 0.15) is 59.8 Å². The van der Waals surface area contributed by atoms with E-state index in [0.717, 1.165) is 0 Å². The zero-order valence-corrected chi connectivity index (χ0v) is 17.5. The monoisotopic (exact) mass is 395 g/mol. The van der Waals surface area contributed by atoms with Gasteiger partial charge in [0.1, 0.15) is 0 Å². The van der Waals surface area contributed by atoms with Crippen molar-refractivity contribution in [2.75, 3.05) is 26.2 Å². The summed E-state index contributed by atoms with van der Waals surface area (Å²) < 4.78 is 4.82. The molecule has 8 heteroatoms. The van der Waals surface area contributed by atoms with Gasteiger partial charge in [-0.25, -0.2) is 0 Å². The molecule has 0 bridgehead atoms. The Balaban J connectivity index is 1.75. The Morgan fingerprint density at radius 1 is 1.14 bits per heavy atom. The van der Waals surface area contributed by atoms with Crippen LogP contribution < -0.4 is 5.32 Å². The summed E-state index contributed by atoms with van der Waals surface area (Å²) >= 11 is 0. The second-order valence-electron chi connectivity index (χ2n) is 8.55. The van der Waals surface area contributed by atoms with E-state index in [9.17, 15) is 19.2 Å². The Morgan fingerprint density at radius 3 is 2.32 bits per heavy atom. The largest absolute Gasteiger partial charge is 0.466 e. The van der Waals surface area contributed by atoms with Crippen molar-refractivity contribution in [2.45, 2.75) is 71.4 Å². The fourth-order valence-electron chi connectivity index (χ4n) is 3.77. The molecule has 2 heterocycles. The number of esters is 1. The molecule has 2 aliphatic heterocycles. The molecular formula is C20H33N3O5. The van der Waals surface area contributed by atoms with Gasteiger partial charge in [0.2, 0.25) is 17.7 Å². The first kappa shape index (κ1) is 22.2. The Labute approximate surface area is 166 Å². The number of hydrogen-bond acceptors (Lipinski definition) is 5. The molecule has 0 aromatic carbocycles. The standard InChI is InChI=1S/C20H33N3O5/c1-5-28-18(26)7-6-16(24)21-15-8-10-22(11-9-15)19(27)14-12-17(25)23(13-14)20(2,3)4/h14-15H,5-13H2,1-4H3,(H,21,24). The van der Waals surface area contributed by atoms with Crippen molar-refractivity contribution in [3.05, 3.63) is 0 Å². The number of nitrogens with one attached hydrogen (secondary N) is 1. The van der Waals surface area contributed by atoms with Gasteiger partial charge in [0.15, 0.2) is 0 Å². The van der Waals surface area contributed by atoms with Gasteiger partial charge >= 0.3 is 5.97 Å². The van der Waals surface area contributed by atoms with Gasteiger partial charge in [0.05, 0.1) is 18.9 Å². The third kappa shape index (κ3) is 5.94. The molecule has 0 aliphatic carbocycles. The van der Waals surface area contributed by atoms with Crippen LogP contribution in [0.3, 0.4) is 0 Å². The van der Waals surface area contributed by atoms with Crippen molar-refractivity contribution < 1.29 is 23.9 Å².